The Balaban J connectivity index is 3.05. The molecule has 10 heteroatoms. The van der Waals surface area contributed by atoms with E-state index in [9.17, 15) is 9.59 Å². The standard InChI is InChI=1S/C9H9Cl2N3O4S/c1-2-18-14-6(8(16)17)5-7(11)19-9(13-5)12-4(15)3-10/h2-3H2,1H3,(H,16,17)(H,12,13,15)/b14-6+. The molecule has 19 heavy (non-hydrogen) atoms. The number of carboxylic acids is 1. The second-order valence-corrected chi connectivity index (χ2v) is 4.85. The Bertz CT molecular complexity index is 518. The molecule has 0 saturated carbocycles. The first-order chi connectivity index (χ1) is 8.99. The number of oxime groups is 1. The molecule has 0 fully saturated rings. The molecule has 0 saturated heterocycles. The van der Waals surface area contributed by atoms with E-state index in [1.54, 1.807) is 6.92 Å². The van der Waals surface area contributed by atoms with Crippen LogP contribution >= 0.6 is 34.5 Å². The number of carbonyl (C=O) groups excluding carboxylic acids is 1. The summed E-state index contributed by atoms with van der Waals surface area (Å²) < 4.78 is 0.0747. The van der Waals surface area contributed by atoms with E-state index >= 15 is 0 Å². The Kier molecular flexibility index (Phi) is 6.00. The van der Waals surface area contributed by atoms with Crippen LogP contribution in [0.25, 0.3) is 0 Å². The maximum absolute atomic E-state index is 11.1. The molecule has 0 unspecified atom stereocenters. The third-order valence-corrected chi connectivity index (χ3v) is 3.08. The number of nitrogens with zero attached hydrogens (tertiary/aromatic N) is 2. The number of halogens is 2. The molecular formula is C9H9Cl2N3O4S. The fourth-order valence-electron chi connectivity index (χ4n) is 0.966. The van der Waals surface area contributed by atoms with Crippen molar-refractivity contribution >= 4 is 57.3 Å². The SMILES string of the molecule is CCO/N=C(/C(=O)O)c1nc(NC(=O)CCl)sc1Cl. The van der Waals surface area contributed by atoms with Gasteiger partial charge in [-0.1, -0.05) is 28.1 Å². The van der Waals surface area contributed by atoms with Crippen molar-refractivity contribution in [3.63, 3.8) is 0 Å². The normalized spacial score (nSPS) is 11.2. The van der Waals surface area contributed by atoms with Gasteiger partial charge in [-0.15, -0.1) is 11.6 Å². The minimum Gasteiger partial charge on any atom is -0.476 e. The summed E-state index contributed by atoms with van der Waals surface area (Å²) in [7, 11) is 0. The van der Waals surface area contributed by atoms with Gasteiger partial charge in [0.2, 0.25) is 11.6 Å². The minimum atomic E-state index is -1.34. The Morgan fingerprint density at radius 3 is 2.79 bits per heavy atom. The summed E-state index contributed by atoms with van der Waals surface area (Å²) >= 11 is 12.1. The third-order valence-electron chi connectivity index (χ3n) is 1.67. The van der Waals surface area contributed by atoms with Crippen molar-refractivity contribution in [2.45, 2.75) is 6.92 Å². The molecule has 1 aromatic rings. The fraction of sp³-hybridized carbons (Fsp3) is 0.333. The van der Waals surface area contributed by atoms with Crippen LogP contribution in [-0.4, -0.2) is 40.2 Å². The lowest BCUT2D eigenvalue weighted by Gasteiger charge is -1.98. The number of rotatable bonds is 6. The number of anilines is 1. The lowest BCUT2D eigenvalue weighted by atomic mass is 10.3. The van der Waals surface area contributed by atoms with Crippen molar-refractivity contribution in [2.24, 2.45) is 5.16 Å². The first kappa shape index (κ1) is 15.7. The molecule has 0 bridgehead atoms. The molecule has 0 aliphatic rings. The van der Waals surface area contributed by atoms with E-state index in [2.05, 4.69) is 20.3 Å². The van der Waals surface area contributed by atoms with Crippen LogP contribution in [0.2, 0.25) is 4.34 Å². The van der Waals surface area contributed by atoms with Crippen molar-refractivity contribution < 1.29 is 19.5 Å². The molecule has 1 rings (SSSR count). The van der Waals surface area contributed by atoms with Crippen molar-refractivity contribution in [1.82, 2.24) is 4.98 Å². The average Bonchev–Trinajstić information content (AvgIpc) is 2.70. The summed E-state index contributed by atoms with van der Waals surface area (Å²) in [5, 5.41) is 14.9. The number of aliphatic carboxylic acids is 1. The van der Waals surface area contributed by atoms with Crippen LogP contribution in [0.5, 0.6) is 0 Å². The zero-order chi connectivity index (χ0) is 14.4. The van der Waals surface area contributed by atoms with Crippen molar-refractivity contribution in [3.05, 3.63) is 10.0 Å². The summed E-state index contributed by atoms with van der Waals surface area (Å²) in [5.41, 5.74) is -0.507. The molecule has 0 aliphatic carbocycles. The van der Waals surface area contributed by atoms with E-state index in [0.29, 0.717) is 0 Å². The maximum Gasteiger partial charge on any atom is 0.360 e. The first-order valence-electron chi connectivity index (χ1n) is 4.95. The van der Waals surface area contributed by atoms with Gasteiger partial charge in [0.15, 0.2) is 5.13 Å². The first-order valence-corrected chi connectivity index (χ1v) is 6.68. The number of hydrogen-bond acceptors (Lipinski definition) is 6. The molecule has 0 spiro atoms. The van der Waals surface area contributed by atoms with Crippen molar-refractivity contribution in [2.75, 3.05) is 17.8 Å². The zero-order valence-electron chi connectivity index (χ0n) is 9.64. The predicted octanol–water partition coefficient (Wildman–Crippen LogP) is 1.80. The lowest BCUT2D eigenvalue weighted by molar-refractivity contribution is -0.129. The predicted molar refractivity (Wildman–Crippen MR) is 72.3 cm³/mol. The second kappa shape index (κ2) is 7.27. The Labute approximate surface area is 122 Å². The number of nitrogens with one attached hydrogen (secondary N) is 1. The number of hydrogen-bond donors (Lipinski definition) is 2. The van der Waals surface area contributed by atoms with Crippen LogP contribution in [-0.2, 0) is 14.4 Å². The Morgan fingerprint density at radius 1 is 1.58 bits per heavy atom. The van der Waals surface area contributed by atoms with E-state index in [1.807, 2.05) is 0 Å². The van der Waals surface area contributed by atoms with Gasteiger partial charge in [-0.3, -0.25) is 4.79 Å². The monoisotopic (exact) mass is 325 g/mol. The molecule has 104 valence electrons. The van der Waals surface area contributed by atoms with Crippen LogP contribution < -0.4 is 5.32 Å². The summed E-state index contributed by atoms with van der Waals surface area (Å²) in [4.78, 5) is 30.7. The van der Waals surface area contributed by atoms with Crippen LogP contribution in [0.1, 0.15) is 12.6 Å². The highest BCUT2D eigenvalue weighted by atomic mass is 35.5. The lowest BCUT2D eigenvalue weighted by Crippen LogP contribution is -2.17. The van der Waals surface area contributed by atoms with E-state index in [-0.39, 0.29) is 27.6 Å². The molecule has 2 N–H and O–H groups in total. The molecule has 0 aromatic carbocycles. The zero-order valence-corrected chi connectivity index (χ0v) is 12.0. The number of aromatic nitrogens is 1. The fourth-order valence-corrected chi connectivity index (χ4v) is 2.09. The number of amides is 1. The summed E-state index contributed by atoms with van der Waals surface area (Å²) in [6.45, 7) is 1.85. The summed E-state index contributed by atoms with van der Waals surface area (Å²) in [5.74, 6) is -2.06. The maximum atomic E-state index is 11.1. The van der Waals surface area contributed by atoms with Crippen molar-refractivity contribution in [1.29, 1.82) is 0 Å². The van der Waals surface area contributed by atoms with Gasteiger partial charge in [0.25, 0.3) is 0 Å². The van der Waals surface area contributed by atoms with Gasteiger partial charge < -0.3 is 15.3 Å². The second-order valence-electron chi connectivity index (χ2n) is 2.99. The average molecular weight is 326 g/mol. The minimum absolute atomic E-state index is 0.0718. The number of carboxylic acid groups (broad SMARTS) is 1. The van der Waals surface area contributed by atoms with E-state index in [0.717, 1.165) is 11.3 Å². The highest BCUT2D eigenvalue weighted by molar-refractivity contribution is 7.20. The van der Waals surface area contributed by atoms with Gasteiger partial charge in [0.05, 0.1) is 0 Å². The van der Waals surface area contributed by atoms with Crippen LogP contribution in [0, 0.1) is 0 Å². The largest absolute Gasteiger partial charge is 0.476 e. The van der Waals surface area contributed by atoms with E-state index in [1.165, 1.54) is 0 Å². The Morgan fingerprint density at radius 2 is 2.26 bits per heavy atom. The smallest absolute Gasteiger partial charge is 0.360 e. The van der Waals surface area contributed by atoms with Gasteiger partial charge in [-0.05, 0) is 6.92 Å². The molecule has 0 aliphatic heterocycles. The van der Waals surface area contributed by atoms with Gasteiger partial charge in [0.1, 0.15) is 22.5 Å². The molecular weight excluding hydrogens is 317 g/mol. The molecule has 1 aromatic heterocycles. The van der Waals surface area contributed by atoms with Crippen LogP contribution in [0.4, 0.5) is 5.13 Å². The van der Waals surface area contributed by atoms with Crippen molar-refractivity contribution in [3.8, 4) is 0 Å². The molecule has 1 amide bonds. The number of thiazole rings is 1. The number of alkyl halides is 1. The quantitative estimate of drug-likeness (QED) is 0.471. The van der Waals surface area contributed by atoms with Gasteiger partial charge in [0, 0.05) is 0 Å². The Hall–Kier alpha value is -1.38. The summed E-state index contributed by atoms with van der Waals surface area (Å²) in [6.07, 6.45) is 0. The van der Waals surface area contributed by atoms with Gasteiger partial charge in [-0.25, -0.2) is 9.78 Å². The highest BCUT2D eigenvalue weighted by Gasteiger charge is 2.22. The summed E-state index contributed by atoms with van der Waals surface area (Å²) in [6, 6.07) is 0. The molecule has 0 radical (unpaired) electrons. The van der Waals surface area contributed by atoms with Gasteiger partial charge in [-0.2, -0.15) is 0 Å². The van der Waals surface area contributed by atoms with Crippen LogP contribution in [0.3, 0.4) is 0 Å². The topological polar surface area (TPSA) is 101 Å². The molecule has 7 nitrogen and oxygen atoms in total. The third kappa shape index (κ3) is 4.34. The van der Waals surface area contributed by atoms with Crippen LogP contribution in [0.15, 0.2) is 5.16 Å². The molecule has 1 heterocycles. The number of carbonyl (C=O) groups is 2. The van der Waals surface area contributed by atoms with E-state index < -0.39 is 17.6 Å². The van der Waals surface area contributed by atoms with Gasteiger partial charge >= 0.3 is 5.97 Å². The highest BCUT2D eigenvalue weighted by Crippen LogP contribution is 2.28. The molecule has 0 atom stereocenters. The van der Waals surface area contributed by atoms with E-state index in [4.69, 9.17) is 28.3 Å².